The number of aliphatic imine (C=N–C) groups is 1. The zero-order valence-corrected chi connectivity index (χ0v) is 8.77. The first-order valence-corrected chi connectivity index (χ1v) is 4.73. The number of nitrogens with zero attached hydrogens (tertiary/aromatic N) is 1. The van der Waals surface area contributed by atoms with E-state index in [1.165, 1.54) is 0 Å². The molecule has 0 heterocycles. The van der Waals surface area contributed by atoms with Gasteiger partial charge in [0, 0.05) is 6.20 Å². The van der Waals surface area contributed by atoms with Crippen molar-refractivity contribution in [2.45, 2.75) is 6.61 Å². The zero-order valence-electron chi connectivity index (χ0n) is 8.77. The van der Waals surface area contributed by atoms with Crippen LogP contribution in [0.4, 0.5) is 4.39 Å². The van der Waals surface area contributed by atoms with E-state index in [4.69, 9.17) is 16.2 Å². The van der Waals surface area contributed by atoms with Gasteiger partial charge in [0.15, 0.2) is 11.7 Å². The molecular weight excluding hydrogens is 209 g/mol. The first-order chi connectivity index (χ1) is 7.74. The van der Waals surface area contributed by atoms with Crippen molar-refractivity contribution in [1.82, 2.24) is 0 Å². The summed E-state index contributed by atoms with van der Waals surface area (Å²) in [6.45, 7) is 0.410. The molecule has 1 aromatic carbocycles. The summed E-state index contributed by atoms with van der Waals surface area (Å²) in [5.41, 5.74) is 11.2. The molecule has 0 atom stereocenters. The Morgan fingerprint density at radius 3 is 2.69 bits per heavy atom. The molecule has 0 saturated heterocycles. The van der Waals surface area contributed by atoms with E-state index in [9.17, 15) is 4.39 Å². The highest BCUT2D eigenvalue weighted by molar-refractivity contribution is 5.94. The maximum absolute atomic E-state index is 12.7. The normalized spacial score (nSPS) is 12.8. The largest absolute Gasteiger partial charge is 0.402 e. The summed E-state index contributed by atoms with van der Waals surface area (Å²) in [5.74, 6) is -1.00. The Morgan fingerprint density at radius 2 is 2.06 bits per heavy atom. The molecule has 4 nitrogen and oxygen atoms in total. The zero-order chi connectivity index (χ0) is 11.8. The topological polar surface area (TPSA) is 73.6 Å². The fourth-order valence-corrected chi connectivity index (χ4v) is 1.01. The number of halogens is 1. The Balaban J connectivity index is 2.32. The molecular formula is C11H14FN3O. The van der Waals surface area contributed by atoms with Crippen molar-refractivity contribution < 1.29 is 9.13 Å². The first-order valence-electron chi connectivity index (χ1n) is 4.73. The van der Waals surface area contributed by atoms with Gasteiger partial charge in [0.25, 0.3) is 0 Å². The molecule has 4 N–H and O–H groups in total. The maximum Gasteiger partial charge on any atom is 0.180 e. The second kappa shape index (κ2) is 6.58. The van der Waals surface area contributed by atoms with Gasteiger partial charge >= 0.3 is 0 Å². The van der Waals surface area contributed by atoms with Crippen LogP contribution in [0, 0.1) is 0 Å². The van der Waals surface area contributed by atoms with Crippen LogP contribution in [0.5, 0.6) is 0 Å². The summed E-state index contributed by atoms with van der Waals surface area (Å²) >= 11 is 0. The Labute approximate surface area is 93.4 Å². The van der Waals surface area contributed by atoms with Crippen molar-refractivity contribution >= 4 is 5.84 Å². The summed E-state index contributed by atoms with van der Waals surface area (Å²) in [4.78, 5) is 3.66. The Kier molecular flexibility index (Phi) is 5.01. The van der Waals surface area contributed by atoms with E-state index >= 15 is 0 Å². The van der Waals surface area contributed by atoms with Crippen LogP contribution in [0.3, 0.4) is 0 Å². The molecule has 0 amide bonds. The molecule has 1 rings (SSSR count). The average molecular weight is 223 g/mol. The van der Waals surface area contributed by atoms with E-state index in [-0.39, 0.29) is 12.6 Å². The summed E-state index contributed by atoms with van der Waals surface area (Å²) in [6.07, 6.45) is 0.760. The second-order valence-electron chi connectivity index (χ2n) is 3.02. The highest BCUT2D eigenvalue weighted by Gasteiger charge is 1.98. The summed E-state index contributed by atoms with van der Waals surface area (Å²) in [6, 6.07) is 9.59. The molecule has 0 aliphatic rings. The van der Waals surface area contributed by atoms with Crippen LogP contribution < -0.4 is 11.5 Å². The monoisotopic (exact) mass is 223 g/mol. The van der Waals surface area contributed by atoms with Crippen molar-refractivity contribution in [3.8, 4) is 0 Å². The van der Waals surface area contributed by atoms with Gasteiger partial charge in [-0.15, -0.1) is 0 Å². The lowest BCUT2D eigenvalue weighted by atomic mass is 10.2. The fraction of sp³-hybridized carbons (Fsp3) is 0.182. The van der Waals surface area contributed by atoms with Gasteiger partial charge in [-0.25, -0.2) is 9.38 Å². The van der Waals surface area contributed by atoms with Crippen LogP contribution in [-0.4, -0.2) is 12.6 Å². The van der Waals surface area contributed by atoms with E-state index in [1.807, 2.05) is 30.3 Å². The van der Waals surface area contributed by atoms with Gasteiger partial charge in [-0.05, 0) is 5.56 Å². The highest BCUT2D eigenvalue weighted by Crippen LogP contribution is 2.00. The molecule has 0 aromatic heterocycles. The van der Waals surface area contributed by atoms with E-state index in [1.54, 1.807) is 0 Å². The van der Waals surface area contributed by atoms with Crippen LogP contribution in [-0.2, 0) is 11.3 Å². The number of nitrogens with two attached hydrogens (primary N) is 2. The van der Waals surface area contributed by atoms with E-state index in [0.29, 0.717) is 6.61 Å². The molecule has 0 bridgehead atoms. The number of ether oxygens (including phenoxy) is 1. The molecule has 0 aliphatic carbocycles. The number of benzene rings is 1. The summed E-state index contributed by atoms with van der Waals surface area (Å²) in [7, 11) is 0. The third kappa shape index (κ3) is 4.10. The minimum atomic E-state index is -0.747. The van der Waals surface area contributed by atoms with Crippen LogP contribution in [0.15, 0.2) is 47.4 Å². The molecule has 5 heteroatoms. The molecule has 0 radical (unpaired) electrons. The van der Waals surface area contributed by atoms with E-state index in [0.717, 1.165) is 11.8 Å². The van der Waals surface area contributed by atoms with Crippen molar-refractivity contribution in [3.05, 3.63) is 47.9 Å². The van der Waals surface area contributed by atoms with Crippen LogP contribution in [0.2, 0.25) is 0 Å². The minimum absolute atomic E-state index is 0.00197. The van der Waals surface area contributed by atoms with Crippen LogP contribution >= 0.6 is 0 Å². The summed E-state index contributed by atoms with van der Waals surface area (Å²) < 4.78 is 17.9. The molecule has 0 fully saturated rings. The fourth-order valence-electron chi connectivity index (χ4n) is 1.01. The second-order valence-corrected chi connectivity index (χ2v) is 3.02. The predicted molar refractivity (Wildman–Crippen MR) is 61.1 cm³/mol. The lowest BCUT2D eigenvalue weighted by Gasteiger charge is -2.01. The number of hydrogen-bond acceptors (Lipinski definition) is 3. The van der Waals surface area contributed by atoms with Gasteiger partial charge in [0.2, 0.25) is 0 Å². The molecule has 0 saturated carbocycles. The number of rotatable bonds is 5. The van der Waals surface area contributed by atoms with E-state index < -0.39 is 5.83 Å². The van der Waals surface area contributed by atoms with Crippen molar-refractivity contribution in [3.63, 3.8) is 0 Å². The van der Waals surface area contributed by atoms with Gasteiger partial charge in [-0.2, -0.15) is 0 Å². The van der Waals surface area contributed by atoms with Gasteiger partial charge in [-0.3, -0.25) is 0 Å². The SMILES string of the molecule is NC=C(F)C(N)=NCOCc1ccccc1. The Morgan fingerprint density at radius 1 is 1.38 bits per heavy atom. The Hall–Kier alpha value is -1.88. The lowest BCUT2D eigenvalue weighted by molar-refractivity contribution is 0.128. The number of amidine groups is 1. The molecule has 0 unspecified atom stereocenters. The van der Waals surface area contributed by atoms with Gasteiger partial charge in [0.1, 0.15) is 6.73 Å². The third-order valence-corrected chi connectivity index (χ3v) is 1.83. The van der Waals surface area contributed by atoms with Gasteiger partial charge < -0.3 is 16.2 Å². The highest BCUT2D eigenvalue weighted by atomic mass is 19.1. The first kappa shape index (κ1) is 12.2. The van der Waals surface area contributed by atoms with Gasteiger partial charge in [-0.1, -0.05) is 30.3 Å². The number of hydrogen-bond donors (Lipinski definition) is 2. The Bertz CT molecular complexity index is 376. The smallest absolute Gasteiger partial charge is 0.180 e. The van der Waals surface area contributed by atoms with E-state index in [2.05, 4.69) is 4.99 Å². The van der Waals surface area contributed by atoms with Crippen molar-refractivity contribution in [2.24, 2.45) is 16.5 Å². The minimum Gasteiger partial charge on any atom is -0.402 e. The van der Waals surface area contributed by atoms with Crippen molar-refractivity contribution in [1.29, 1.82) is 0 Å². The summed E-state index contributed by atoms with van der Waals surface area (Å²) in [5, 5.41) is 0. The van der Waals surface area contributed by atoms with Crippen LogP contribution in [0.1, 0.15) is 5.56 Å². The average Bonchev–Trinajstić information content (AvgIpc) is 2.34. The maximum atomic E-state index is 12.7. The van der Waals surface area contributed by atoms with Crippen molar-refractivity contribution in [2.75, 3.05) is 6.73 Å². The third-order valence-electron chi connectivity index (χ3n) is 1.83. The lowest BCUT2D eigenvalue weighted by Crippen LogP contribution is -2.14. The standard InChI is InChI=1S/C11H14FN3O/c12-10(6-13)11(14)15-8-16-7-9-4-2-1-3-5-9/h1-6H,7-8,13H2,(H2,14,15). The molecule has 1 aromatic rings. The molecule has 86 valence electrons. The molecule has 16 heavy (non-hydrogen) atoms. The van der Waals surface area contributed by atoms with Crippen LogP contribution in [0.25, 0.3) is 0 Å². The quantitative estimate of drug-likeness (QED) is 0.448. The van der Waals surface area contributed by atoms with Gasteiger partial charge in [0.05, 0.1) is 6.61 Å². The molecule has 0 spiro atoms. The predicted octanol–water partition coefficient (Wildman–Crippen LogP) is 1.29. The molecule has 0 aliphatic heterocycles.